The van der Waals surface area contributed by atoms with Gasteiger partial charge in [0.05, 0.1) is 11.1 Å². The quantitative estimate of drug-likeness (QED) is 0.458. The maximum Gasteiger partial charge on any atom is 0.185 e. The fourth-order valence-electron chi connectivity index (χ4n) is 4.29. The van der Waals surface area contributed by atoms with Crippen molar-refractivity contribution in [2.75, 3.05) is 14.1 Å². The lowest BCUT2D eigenvalue weighted by Gasteiger charge is -2.38. The second-order valence-corrected chi connectivity index (χ2v) is 7.67. The van der Waals surface area contributed by atoms with Gasteiger partial charge in [0, 0.05) is 21.9 Å². The van der Waals surface area contributed by atoms with Crippen molar-refractivity contribution < 1.29 is 4.79 Å². The van der Waals surface area contributed by atoms with Gasteiger partial charge in [-0.05, 0) is 44.6 Å². The maximum absolute atomic E-state index is 14.0. The number of hydrogen-bond acceptors (Lipinski definition) is 2. The highest BCUT2D eigenvalue weighted by molar-refractivity contribution is 6.17. The molecule has 0 aliphatic heterocycles. The fourth-order valence-corrected chi connectivity index (χ4v) is 4.29. The molecule has 28 heavy (non-hydrogen) atoms. The van der Waals surface area contributed by atoms with E-state index in [9.17, 15) is 4.79 Å². The van der Waals surface area contributed by atoms with E-state index in [0.717, 1.165) is 33.8 Å². The van der Waals surface area contributed by atoms with Crippen molar-refractivity contribution in [3.8, 4) is 0 Å². The number of aromatic nitrogens is 1. The molecule has 3 aromatic carbocycles. The number of fused-ring (bicyclic) bond motifs is 3. The number of hydrogen-bond donors (Lipinski definition) is 1. The largest absolute Gasteiger partial charge is 0.354 e. The Hall–Kier alpha value is -2.91. The Bertz CT molecular complexity index is 1130. The zero-order valence-corrected chi connectivity index (χ0v) is 16.7. The van der Waals surface area contributed by atoms with Crippen LogP contribution in [0.25, 0.3) is 21.8 Å². The van der Waals surface area contributed by atoms with E-state index < -0.39 is 5.54 Å². The molecule has 0 bridgehead atoms. The second kappa shape index (κ2) is 7.25. The normalized spacial score (nSPS) is 13.9. The molecular formula is C25H26N2O. The molecule has 0 aliphatic rings. The highest BCUT2D eigenvalue weighted by Crippen LogP contribution is 2.33. The molecule has 1 N–H and O–H groups in total. The summed E-state index contributed by atoms with van der Waals surface area (Å²) in [6.45, 7) is 2.10. The molecule has 0 fully saturated rings. The minimum atomic E-state index is -0.590. The van der Waals surface area contributed by atoms with Crippen molar-refractivity contribution in [1.82, 2.24) is 9.88 Å². The first-order valence-corrected chi connectivity index (χ1v) is 9.82. The van der Waals surface area contributed by atoms with Gasteiger partial charge in [-0.15, -0.1) is 0 Å². The van der Waals surface area contributed by atoms with Crippen LogP contribution in [0.1, 0.15) is 29.3 Å². The SMILES string of the molecule is CCC(Cc1ccccc1)(C(=O)c1cccc2c1[nH]c1ccccc12)N(C)C. The van der Waals surface area contributed by atoms with Gasteiger partial charge in [0.1, 0.15) is 0 Å². The van der Waals surface area contributed by atoms with Crippen molar-refractivity contribution in [3.05, 3.63) is 83.9 Å². The van der Waals surface area contributed by atoms with Crippen molar-refractivity contribution in [2.45, 2.75) is 25.3 Å². The van der Waals surface area contributed by atoms with Crippen LogP contribution in [0.4, 0.5) is 0 Å². The highest BCUT2D eigenvalue weighted by atomic mass is 16.1. The van der Waals surface area contributed by atoms with Crippen LogP contribution in [0.15, 0.2) is 72.8 Å². The average molecular weight is 370 g/mol. The Morgan fingerprint density at radius 1 is 0.893 bits per heavy atom. The molecule has 0 saturated heterocycles. The van der Waals surface area contributed by atoms with Gasteiger partial charge >= 0.3 is 0 Å². The van der Waals surface area contributed by atoms with Crippen molar-refractivity contribution in [2.24, 2.45) is 0 Å². The number of ketones is 1. The number of likely N-dealkylation sites (N-methyl/N-ethyl adjacent to an activating group) is 1. The van der Waals surface area contributed by atoms with E-state index in [-0.39, 0.29) is 5.78 Å². The lowest BCUT2D eigenvalue weighted by molar-refractivity contribution is 0.0668. The summed E-state index contributed by atoms with van der Waals surface area (Å²) < 4.78 is 0. The van der Waals surface area contributed by atoms with E-state index >= 15 is 0 Å². The van der Waals surface area contributed by atoms with Crippen LogP contribution < -0.4 is 0 Å². The predicted octanol–water partition coefficient (Wildman–Crippen LogP) is 5.46. The zero-order chi connectivity index (χ0) is 19.7. The first kappa shape index (κ1) is 18.5. The van der Waals surface area contributed by atoms with E-state index in [2.05, 4.69) is 47.1 Å². The summed E-state index contributed by atoms with van der Waals surface area (Å²) in [6.07, 6.45) is 1.43. The third kappa shape index (κ3) is 2.92. The first-order chi connectivity index (χ1) is 13.6. The molecule has 0 aliphatic carbocycles. The standard InChI is InChI=1S/C25H26N2O/c1-4-25(27(2)3,17-18-11-6-5-7-12-18)24(28)21-15-10-14-20-19-13-8-9-16-22(19)26-23(20)21/h5-16,26H,4,17H2,1-3H3. The number of carbonyl (C=O) groups is 1. The van der Waals surface area contributed by atoms with Crippen molar-refractivity contribution in [3.63, 3.8) is 0 Å². The maximum atomic E-state index is 14.0. The molecule has 0 amide bonds. The molecule has 0 spiro atoms. The Kier molecular flexibility index (Phi) is 4.78. The average Bonchev–Trinajstić information content (AvgIpc) is 3.11. The van der Waals surface area contributed by atoms with Crippen LogP contribution in [-0.4, -0.2) is 35.3 Å². The number of aromatic amines is 1. The molecule has 1 unspecified atom stereocenters. The van der Waals surface area contributed by atoms with E-state index in [0.29, 0.717) is 6.42 Å². The number of rotatable bonds is 6. The first-order valence-electron chi connectivity index (χ1n) is 9.82. The Morgan fingerprint density at radius 3 is 2.29 bits per heavy atom. The van der Waals surface area contributed by atoms with Gasteiger partial charge in [-0.25, -0.2) is 0 Å². The Morgan fingerprint density at radius 2 is 1.57 bits per heavy atom. The van der Waals surface area contributed by atoms with Crippen LogP contribution >= 0.6 is 0 Å². The molecular weight excluding hydrogens is 344 g/mol. The van der Waals surface area contributed by atoms with Gasteiger partial charge in [0.25, 0.3) is 0 Å². The highest BCUT2D eigenvalue weighted by Gasteiger charge is 2.40. The zero-order valence-electron chi connectivity index (χ0n) is 16.7. The van der Waals surface area contributed by atoms with Crippen molar-refractivity contribution >= 4 is 27.6 Å². The lowest BCUT2D eigenvalue weighted by atomic mass is 9.80. The fraction of sp³-hybridized carbons (Fsp3) is 0.240. The predicted molar refractivity (Wildman–Crippen MR) is 117 cm³/mol. The van der Waals surface area contributed by atoms with Gasteiger partial charge in [-0.2, -0.15) is 0 Å². The number of nitrogens with one attached hydrogen (secondary N) is 1. The van der Waals surface area contributed by atoms with Crippen LogP contribution in [0.5, 0.6) is 0 Å². The van der Waals surface area contributed by atoms with Crippen LogP contribution in [0.2, 0.25) is 0 Å². The van der Waals surface area contributed by atoms with Gasteiger partial charge in [0.15, 0.2) is 5.78 Å². The second-order valence-electron chi connectivity index (χ2n) is 7.67. The summed E-state index contributed by atoms with van der Waals surface area (Å²) in [5.74, 6) is 0.168. The third-order valence-corrected chi connectivity index (χ3v) is 5.99. The molecule has 4 rings (SSSR count). The Balaban J connectivity index is 1.87. The summed E-state index contributed by atoms with van der Waals surface area (Å²) >= 11 is 0. The topological polar surface area (TPSA) is 36.1 Å². The molecule has 3 nitrogen and oxygen atoms in total. The van der Waals surface area contributed by atoms with E-state index in [1.807, 2.05) is 56.6 Å². The van der Waals surface area contributed by atoms with Gasteiger partial charge < -0.3 is 4.98 Å². The number of Topliss-reactive ketones (excluding diaryl/α,β-unsaturated/α-hetero) is 1. The number of para-hydroxylation sites is 2. The minimum Gasteiger partial charge on any atom is -0.354 e. The van der Waals surface area contributed by atoms with Crippen LogP contribution in [0.3, 0.4) is 0 Å². The number of benzene rings is 3. The summed E-state index contributed by atoms with van der Waals surface area (Å²) in [5, 5.41) is 2.26. The minimum absolute atomic E-state index is 0.168. The lowest BCUT2D eigenvalue weighted by Crippen LogP contribution is -2.52. The van der Waals surface area contributed by atoms with Crippen LogP contribution in [-0.2, 0) is 6.42 Å². The number of nitrogens with zero attached hydrogens (tertiary/aromatic N) is 1. The van der Waals surface area contributed by atoms with Crippen LogP contribution in [0, 0.1) is 0 Å². The third-order valence-electron chi connectivity index (χ3n) is 5.99. The van der Waals surface area contributed by atoms with E-state index in [1.54, 1.807) is 0 Å². The molecule has 1 aromatic heterocycles. The monoisotopic (exact) mass is 370 g/mol. The summed E-state index contributed by atoms with van der Waals surface area (Å²) in [6, 6.07) is 24.6. The van der Waals surface area contributed by atoms with E-state index in [1.165, 1.54) is 5.56 Å². The molecule has 3 heteroatoms. The molecule has 0 saturated carbocycles. The summed E-state index contributed by atoms with van der Waals surface area (Å²) in [5.41, 5.74) is 3.34. The van der Waals surface area contributed by atoms with Crippen molar-refractivity contribution in [1.29, 1.82) is 0 Å². The molecule has 0 radical (unpaired) electrons. The summed E-state index contributed by atoms with van der Waals surface area (Å²) in [4.78, 5) is 19.5. The molecule has 142 valence electrons. The molecule has 1 atom stereocenters. The smallest absolute Gasteiger partial charge is 0.185 e. The Labute approximate surface area is 166 Å². The van der Waals surface area contributed by atoms with Gasteiger partial charge in [-0.3, -0.25) is 9.69 Å². The van der Waals surface area contributed by atoms with Gasteiger partial charge in [-0.1, -0.05) is 67.6 Å². The number of carbonyl (C=O) groups excluding carboxylic acids is 1. The summed E-state index contributed by atoms with van der Waals surface area (Å²) in [7, 11) is 4.02. The number of H-pyrrole nitrogens is 1. The van der Waals surface area contributed by atoms with E-state index in [4.69, 9.17) is 0 Å². The molecule has 4 aromatic rings. The molecule has 1 heterocycles. The van der Waals surface area contributed by atoms with Gasteiger partial charge in [0.2, 0.25) is 0 Å².